The number of ether oxygens (including phenoxy) is 2. The van der Waals surface area contributed by atoms with Crippen LogP contribution in [-0.4, -0.2) is 30.2 Å². The van der Waals surface area contributed by atoms with E-state index >= 15 is 0 Å². The lowest BCUT2D eigenvalue weighted by atomic mass is 10.1. The molecule has 20 heavy (non-hydrogen) atoms. The van der Waals surface area contributed by atoms with Gasteiger partial charge in [-0.2, -0.15) is 0 Å². The highest BCUT2D eigenvalue weighted by molar-refractivity contribution is 6.33. The molecule has 0 spiro atoms. The molecule has 0 bridgehead atoms. The lowest BCUT2D eigenvalue weighted by Gasteiger charge is -2.22. The molecule has 0 aliphatic carbocycles. The van der Waals surface area contributed by atoms with Crippen molar-refractivity contribution in [2.45, 2.75) is 25.9 Å². The number of esters is 1. The van der Waals surface area contributed by atoms with Crippen LogP contribution in [0.15, 0.2) is 18.2 Å². The smallest absolute Gasteiger partial charge is 0.338 e. The number of methoxy groups -OCH3 is 1. The Balaban J connectivity index is 2.65. The molecule has 0 fully saturated rings. The predicted molar refractivity (Wildman–Crippen MR) is 74.1 cm³/mol. The Kier molecular flexibility index (Phi) is 5.47. The van der Waals surface area contributed by atoms with Gasteiger partial charge in [0.25, 0.3) is 5.69 Å². The van der Waals surface area contributed by atoms with Crippen LogP contribution in [0, 0.1) is 10.1 Å². The van der Waals surface area contributed by atoms with Crippen molar-refractivity contribution in [3.63, 3.8) is 0 Å². The highest BCUT2D eigenvalue weighted by Crippen LogP contribution is 2.25. The molecule has 0 heterocycles. The molecule has 0 saturated carbocycles. The van der Waals surface area contributed by atoms with E-state index in [-0.39, 0.29) is 28.5 Å². The zero-order valence-corrected chi connectivity index (χ0v) is 12.3. The van der Waals surface area contributed by atoms with Crippen molar-refractivity contribution in [3.05, 3.63) is 38.9 Å². The SMILES string of the molecule is COC(C)(C)CCOC(=O)c1ccc([N+](=O)[O-])c(Cl)c1. The third kappa shape index (κ3) is 4.47. The first kappa shape index (κ1) is 16.4. The number of nitro benzene ring substituents is 1. The minimum atomic E-state index is -0.613. The Morgan fingerprint density at radius 2 is 2.10 bits per heavy atom. The molecule has 7 heteroatoms. The highest BCUT2D eigenvalue weighted by atomic mass is 35.5. The number of nitro groups is 1. The van der Waals surface area contributed by atoms with Crippen molar-refractivity contribution >= 4 is 23.3 Å². The van der Waals surface area contributed by atoms with Crippen LogP contribution in [0.3, 0.4) is 0 Å². The second kappa shape index (κ2) is 6.67. The van der Waals surface area contributed by atoms with Gasteiger partial charge in [0, 0.05) is 19.6 Å². The number of rotatable bonds is 6. The van der Waals surface area contributed by atoms with Crippen LogP contribution < -0.4 is 0 Å². The van der Waals surface area contributed by atoms with Crippen molar-refractivity contribution in [2.75, 3.05) is 13.7 Å². The summed E-state index contributed by atoms with van der Waals surface area (Å²) >= 11 is 5.73. The van der Waals surface area contributed by atoms with Gasteiger partial charge in [-0.05, 0) is 26.0 Å². The Hall–Kier alpha value is -1.66. The molecule has 0 unspecified atom stereocenters. The van der Waals surface area contributed by atoms with E-state index in [1.165, 1.54) is 18.2 Å². The average Bonchev–Trinajstić information content (AvgIpc) is 2.37. The molecule has 0 saturated heterocycles. The molecular formula is C13H16ClNO5. The maximum Gasteiger partial charge on any atom is 0.338 e. The Bertz CT molecular complexity index is 515. The summed E-state index contributed by atoms with van der Waals surface area (Å²) in [6, 6.07) is 3.72. The molecule has 6 nitrogen and oxygen atoms in total. The van der Waals surface area contributed by atoms with Crippen LogP contribution in [-0.2, 0) is 9.47 Å². The number of nitrogens with zero attached hydrogens (tertiary/aromatic N) is 1. The van der Waals surface area contributed by atoms with E-state index < -0.39 is 10.9 Å². The molecule has 0 amide bonds. The van der Waals surface area contributed by atoms with E-state index in [9.17, 15) is 14.9 Å². The van der Waals surface area contributed by atoms with E-state index in [2.05, 4.69) is 0 Å². The lowest BCUT2D eigenvalue weighted by molar-refractivity contribution is -0.384. The number of benzene rings is 1. The zero-order valence-electron chi connectivity index (χ0n) is 11.5. The molecule has 1 aromatic carbocycles. The molecule has 0 aliphatic rings. The predicted octanol–water partition coefficient (Wildman–Crippen LogP) is 3.22. The fraction of sp³-hybridized carbons (Fsp3) is 0.462. The van der Waals surface area contributed by atoms with Gasteiger partial charge in [0.2, 0.25) is 0 Å². The number of hydrogen-bond donors (Lipinski definition) is 0. The van der Waals surface area contributed by atoms with Crippen LogP contribution in [0.4, 0.5) is 5.69 Å². The maximum absolute atomic E-state index is 11.8. The van der Waals surface area contributed by atoms with Gasteiger partial charge in [0.1, 0.15) is 5.02 Å². The number of hydrogen-bond acceptors (Lipinski definition) is 5. The largest absolute Gasteiger partial charge is 0.462 e. The van der Waals surface area contributed by atoms with E-state index in [4.69, 9.17) is 21.1 Å². The van der Waals surface area contributed by atoms with Crippen molar-refractivity contribution in [1.29, 1.82) is 0 Å². The zero-order chi connectivity index (χ0) is 15.3. The second-order valence-corrected chi connectivity index (χ2v) is 5.18. The fourth-order valence-corrected chi connectivity index (χ4v) is 1.61. The molecule has 0 radical (unpaired) electrons. The Morgan fingerprint density at radius 1 is 1.45 bits per heavy atom. The van der Waals surface area contributed by atoms with Gasteiger partial charge in [-0.15, -0.1) is 0 Å². The summed E-state index contributed by atoms with van der Waals surface area (Å²) in [6.07, 6.45) is 0.538. The average molecular weight is 302 g/mol. The van der Waals surface area contributed by atoms with Crippen LogP contribution >= 0.6 is 11.6 Å². The minimum Gasteiger partial charge on any atom is -0.462 e. The van der Waals surface area contributed by atoms with Crippen LogP contribution in [0.1, 0.15) is 30.6 Å². The molecular weight excluding hydrogens is 286 g/mol. The van der Waals surface area contributed by atoms with Gasteiger partial charge in [0.05, 0.1) is 22.7 Å². The first-order chi connectivity index (χ1) is 9.26. The summed E-state index contributed by atoms with van der Waals surface area (Å²) in [5, 5.41) is 10.5. The number of carbonyl (C=O) groups excluding carboxylic acids is 1. The molecule has 1 aromatic rings. The standard InChI is InChI=1S/C13H16ClNO5/c1-13(2,19-3)6-7-20-12(16)9-4-5-11(15(17)18)10(14)8-9/h4-5,8H,6-7H2,1-3H3. The Labute approximate surface area is 121 Å². The van der Waals surface area contributed by atoms with Gasteiger partial charge in [-0.25, -0.2) is 4.79 Å². The number of carbonyl (C=O) groups is 1. The van der Waals surface area contributed by atoms with Crippen LogP contribution in [0.5, 0.6) is 0 Å². The summed E-state index contributed by atoms with van der Waals surface area (Å²) in [7, 11) is 1.58. The third-order valence-electron chi connectivity index (χ3n) is 2.87. The number of halogens is 1. The van der Waals surface area contributed by atoms with E-state index in [1.54, 1.807) is 7.11 Å². The first-order valence-corrected chi connectivity index (χ1v) is 6.31. The van der Waals surface area contributed by atoms with Crippen LogP contribution in [0.25, 0.3) is 0 Å². The third-order valence-corrected chi connectivity index (χ3v) is 3.17. The molecule has 0 aromatic heterocycles. The fourth-order valence-electron chi connectivity index (χ4n) is 1.36. The molecule has 0 atom stereocenters. The van der Waals surface area contributed by atoms with Crippen molar-refractivity contribution in [1.82, 2.24) is 0 Å². The maximum atomic E-state index is 11.8. The van der Waals surface area contributed by atoms with E-state index in [0.717, 1.165) is 0 Å². The second-order valence-electron chi connectivity index (χ2n) is 4.77. The summed E-state index contributed by atoms with van der Waals surface area (Å²) in [5.74, 6) is -0.575. The molecule has 0 N–H and O–H groups in total. The summed E-state index contributed by atoms with van der Waals surface area (Å²) in [6.45, 7) is 3.95. The van der Waals surface area contributed by atoms with Gasteiger partial charge in [-0.1, -0.05) is 11.6 Å². The first-order valence-electron chi connectivity index (χ1n) is 5.93. The lowest BCUT2D eigenvalue weighted by Crippen LogP contribution is -2.25. The van der Waals surface area contributed by atoms with Gasteiger partial charge in [-0.3, -0.25) is 10.1 Å². The quantitative estimate of drug-likeness (QED) is 0.458. The normalized spacial score (nSPS) is 11.2. The molecule has 110 valence electrons. The van der Waals surface area contributed by atoms with Gasteiger partial charge in [0.15, 0.2) is 0 Å². The molecule has 1 rings (SSSR count). The van der Waals surface area contributed by atoms with Gasteiger partial charge < -0.3 is 9.47 Å². The topological polar surface area (TPSA) is 78.7 Å². The Morgan fingerprint density at radius 3 is 2.60 bits per heavy atom. The van der Waals surface area contributed by atoms with Crippen molar-refractivity contribution in [2.24, 2.45) is 0 Å². The monoisotopic (exact) mass is 301 g/mol. The summed E-state index contributed by atoms with van der Waals surface area (Å²) < 4.78 is 10.3. The van der Waals surface area contributed by atoms with Gasteiger partial charge >= 0.3 is 5.97 Å². The summed E-state index contributed by atoms with van der Waals surface area (Å²) in [4.78, 5) is 21.8. The summed E-state index contributed by atoms with van der Waals surface area (Å²) in [5.41, 5.74) is -0.451. The van der Waals surface area contributed by atoms with Crippen molar-refractivity contribution in [3.8, 4) is 0 Å². The van der Waals surface area contributed by atoms with Crippen molar-refractivity contribution < 1.29 is 19.2 Å². The van der Waals surface area contributed by atoms with Crippen LogP contribution in [0.2, 0.25) is 5.02 Å². The van der Waals surface area contributed by atoms with E-state index in [1.807, 2.05) is 13.8 Å². The van der Waals surface area contributed by atoms with E-state index in [0.29, 0.717) is 6.42 Å². The highest BCUT2D eigenvalue weighted by Gasteiger charge is 2.19. The molecule has 0 aliphatic heterocycles. The minimum absolute atomic E-state index is 0.0957.